The lowest BCUT2D eigenvalue weighted by Gasteiger charge is -2.14. The van der Waals surface area contributed by atoms with E-state index < -0.39 is 25.2 Å². The van der Waals surface area contributed by atoms with Crippen LogP contribution in [0.1, 0.15) is 26.9 Å². The molecule has 0 bridgehead atoms. The third-order valence-corrected chi connectivity index (χ3v) is 1.46. The monoisotopic (exact) mass is 166 g/mol. The van der Waals surface area contributed by atoms with Crippen molar-refractivity contribution in [3.63, 3.8) is 0 Å². The minimum absolute atomic E-state index is 0.342. The van der Waals surface area contributed by atoms with Crippen LogP contribution in [0, 0.1) is 0 Å². The van der Waals surface area contributed by atoms with Crippen LogP contribution in [-0.4, -0.2) is 16.5 Å². The molecule has 0 heterocycles. The highest BCUT2D eigenvalue weighted by Gasteiger charge is 2.24. The van der Waals surface area contributed by atoms with E-state index in [1.807, 2.05) is 0 Å². The average molecular weight is 166 g/mol. The van der Waals surface area contributed by atoms with Crippen molar-refractivity contribution in [2.45, 2.75) is 19.4 Å². The maximum atomic E-state index is 11.6. The molecule has 1 N–H and O–H groups in total. The molecule has 1 aromatic rings. The Morgan fingerprint density at radius 1 is 1.42 bits per heavy atom. The number of carbonyl (C=O) groups excluding carboxylic acids is 1. The molecule has 0 aromatic heterocycles. The van der Waals surface area contributed by atoms with E-state index in [-0.39, 0.29) is 0 Å². The second-order valence-electron chi connectivity index (χ2n) is 2.73. The molecule has 0 radical (unpaired) electrons. The fourth-order valence-electron chi connectivity index (χ4n) is 0.858. The number of aliphatic hydroxyl groups is 1. The zero-order valence-electron chi connectivity index (χ0n) is 8.66. The normalized spacial score (nSPS) is 13.4. The zero-order valence-corrected chi connectivity index (χ0v) is 6.66. The SMILES string of the molecule is [2H]CC(O)(C[2H])C(=O)c1ccccc1. The van der Waals surface area contributed by atoms with Crippen LogP contribution in [0.4, 0.5) is 0 Å². The summed E-state index contributed by atoms with van der Waals surface area (Å²) in [7, 11) is 0. The van der Waals surface area contributed by atoms with Crippen molar-refractivity contribution >= 4 is 5.78 Å². The Kier molecular flexibility index (Phi) is 1.63. The third kappa shape index (κ3) is 1.92. The molecule has 0 atom stereocenters. The number of hydrogen-bond donors (Lipinski definition) is 1. The predicted octanol–water partition coefficient (Wildman–Crippen LogP) is 1.64. The topological polar surface area (TPSA) is 37.3 Å². The third-order valence-electron chi connectivity index (χ3n) is 1.46. The van der Waals surface area contributed by atoms with Crippen LogP contribution in [0.25, 0.3) is 0 Å². The maximum Gasteiger partial charge on any atom is 0.193 e. The van der Waals surface area contributed by atoms with Crippen LogP contribution in [0.3, 0.4) is 0 Å². The summed E-state index contributed by atoms with van der Waals surface area (Å²) < 4.78 is 14.1. The van der Waals surface area contributed by atoms with Gasteiger partial charge < -0.3 is 5.11 Å². The molecular weight excluding hydrogens is 152 g/mol. The number of Topliss-reactive ketones (excluding diaryl/α,β-unsaturated/α-hetero) is 1. The highest BCUT2D eigenvalue weighted by atomic mass is 16.3. The molecule has 0 saturated carbocycles. The van der Waals surface area contributed by atoms with Crippen molar-refractivity contribution in [1.29, 1.82) is 0 Å². The summed E-state index contributed by atoms with van der Waals surface area (Å²) in [5.41, 5.74) is -1.52. The van der Waals surface area contributed by atoms with E-state index >= 15 is 0 Å². The summed E-state index contributed by atoms with van der Waals surface area (Å²) >= 11 is 0. The fraction of sp³-hybridized carbons (Fsp3) is 0.300. The minimum Gasteiger partial charge on any atom is -0.382 e. The van der Waals surface area contributed by atoms with Crippen LogP contribution < -0.4 is 0 Å². The summed E-state index contributed by atoms with van der Waals surface area (Å²) in [6.07, 6.45) is 0. The van der Waals surface area contributed by atoms with Crippen molar-refractivity contribution in [2.24, 2.45) is 0 Å². The lowest BCUT2D eigenvalue weighted by Crippen LogP contribution is -2.30. The zero-order chi connectivity index (χ0) is 10.6. The largest absolute Gasteiger partial charge is 0.382 e. The molecule has 0 spiro atoms. The predicted molar refractivity (Wildman–Crippen MR) is 47.1 cm³/mol. The van der Waals surface area contributed by atoms with E-state index in [2.05, 4.69) is 0 Å². The molecule has 64 valence electrons. The Bertz CT molecular complexity index is 307. The first kappa shape index (κ1) is 6.38. The number of benzene rings is 1. The lowest BCUT2D eigenvalue weighted by atomic mass is 9.97. The first-order chi connectivity index (χ1) is 6.64. The Labute approximate surface area is 74.7 Å². The first-order valence-corrected chi connectivity index (χ1v) is 3.55. The summed E-state index contributed by atoms with van der Waals surface area (Å²) in [6.45, 7) is -0.964. The van der Waals surface area contributed by atoms with Crippen molar-refractivity contribution in [1.82, 2.24) is 0 Å². The van der Waals surface area contributed by atoms with Gasteiger partial charge in [-0.3, -0.25) is 4.79 Å². The van der Waals surface area contributed by atoms with Crippen molar-refractivity contribution in [3.8, 4) is 0 Å². The average Bonchev–Trinajstić information content (AvgIpc) is 2.28. The minimum atomic E-state index is -1.86. The molecule has 0 aliphatic heterocycles. The second-order valence-corrected chi connectivity index (χ2v) is 2.73. The fourth-order valence-corrected chi connectivity index (χ4v) is 0.858. The van der Waals surface area contributed by atoms with Gasteiger partial charge in [0.2, 0.25) is 0 Å². The van der Waals surface area contributed by atoms with Gasteiger partial charge in [0.05, 0.1) is 0 Å². The number of ketones is 1. The molecule has 12 heavy (non-hydrogen) atoms. The second kappa shape index (κ2) is 3.07. The molecule has 0 fully saturated rings. The Balaban J connectivity index is 2.95. The van der Waals surface area contributed by atoms with E-state index in [4.69, 9.17) is 2.74 Å². The summed E-state index contributed by atoms with van der Waals surface area (Å²) in [4.78, 5) is 11.6. The van der Waals surface area contributed by atoms with Gasteiger partial charge in [-0.1, -0.05) is 30.3 Å². The lowest BCUT2D eigenvalue weighted by molar-refractivity contribution is 0.0488. The summed E-state index contributed by atoms with van der Waals surface area (Å²) in [6, 6.07) is 8.26. The molecule has 0 unspecified atom stereocenters. The number of carbonyl (C=O) groups is 1. The summed E-state index contributed by atoms with van der Waals surface area (Å²) in [5, 5.41) is 9.63. The highest BCUT2D eigenvalue weighted by molar-refractivity contribution is 6.01. The molecule has 2 heteroatoms. The Morgan fingerprint density at radius 2 is 2.00 bits per heavy atom. The van der Waals surface area contributed by atoms with E-state index in [9.17, 15) is 9.90 Å². The molecule has 2 nitrogen and oxygen atoms in total. The molecule has 1 aromatic carbocycles. The van der Waals surface area contributed by atoms with Crippen LogP contribution in [-0.2, 0) is 0 Å². The number of rotatable bonds is 2. The number of hydrogen-bond acceptors (Lipinski definition) is 2. The van der Waals surface area contributed by atoms with Gasteiger partial charge in [0.1, 0.15) is 5.60 Å². The van der Waals surface area contributed by atoms with Gasteiger partial charge in [0.25, 0.3) is 0 Å². The molecule has 0 aliphatic rings. The first-order valence-electron chi connectivity index (χ1n) is 4.96. The van der Waals surface area contributed by atoms with Crippen molar-refractivity contribution in [3.05, 3.63) is 35.9 Å². The maximum absolute atomic E-state index is 11.6. The quantitative estimate of drug-likeness (QED) is 0.678. The van der Waals surface area contributed by atoms with Crippen LogP contribution in [0.5, 0.6) is 0 Å². The van der Waals surface area contributed by atoms with E-state index in [0.717, 1.165) is 0 Å². The summed E-state index contributed by atoms with van der Waals surface area (Å²) in [5.74, 6) is -0.553. The molecule has 0 amide bonds. The van der Waals surface area contributed by atoms with Gasteiger partial charge in [-0.2, -0.15) is 0 Å². The van der Waals surface area contributed by atoms with Gasteiger partial charge in [0, 0.05) is 8.30 Å². The standard InChI is InChI=1S/C10H12O2/c1-10(2,12)9(11)8-6-4-3-5-7-8/h3-7,12H,1-2H3/i1D,2D. The van der Waals surface area contributed by atoms with Gasteiger partial charge in [0.15, 0.2) is 5.78 Å². The Morgan fingerprint density at radius 3 is 2.50 bits per heavy atom. The van der Waals surface area contributed by atoms with Gasteiger partial charge in [-0.15, -0.1) is 0 Å². The van der Waals surface area contributed by atoms with Crippen LogP contribution in [0.15, 0.2) is 30.3 Å². The van der Waals surface area contributed by atoms with Crippen LogP contribution in [0.2, 0.25) is 0 Å². The Hall–Kier alpha value is -1.15. The molecule has 0 saturated heterocycles. The van der Waals surface area contributed by atoms with Crippen molar-refractivity contribution < 1.29 is 12.6 Å². The van der Waals surface area contributed by atoms with E-state index in [1.54, 1.807) is 30.3 Å². The molecule has 1 rings (SSSR count). The van der Waals surface area contributed by atoms with Gasteiger partial charge in [-0.25, -0.2) is 0 Å². The molecule has 0 aliphatic carbocycles. The van der Waals surface area contributed by atoms with Gasteiger partial charge >= 0.3 is 0 Å². The van der Waals surface area contributed by atoms with Crippen LogP contribution >= 0.6 is 0 Å². The van der Waals surface area contributed by atoms with E-state index in [1.165, 1.54) is 0 Å². The van der Waals surface area contributed by atoms with E-state index in [0.29, 0.717) is 5.56 Å². The molecular formula is C10H12O2. The van der Waals surface area contributed by atoms with Gasteiger partial charge in [-0.05, 0) is 13.8 Å². The smallest absolute Gasteiger partial charge is 0.193 e. The van der Waals surface area contributed by atoms with Crippen molar-refractivity contribution in [2.75, 3.05) is 0 Å². The highest BCUT2D eigenvalue weighted by Crippen LogP contribution is 2.11.